The predicted molar refractivity (Wildman–Crippen MR) is 124 cm³/mol. The van der Waals surface area contributed by atoms with Gasteiger partial charge in [0.05, 0.1) is 5.69 Å². The molecule has 3 aromatic heterocycles. The van der Waals surface area contributed by atoms with Crippen molar-refractivity contribution in [3.05, 3.63) is 52.5 Å². The average Bonchev–Trinajstić information content (AvgIpc) is 3.56. The van der Waals surface area contributed by atoms with Gasteiger partial charge in [-0.3, -0.25) is 9.89 Å². The van der Waals surface area contributed by atoms with Gasteiger partial charge in [0.25, 0.3) is 0 Å². The lowest BCUT2D eigenvalue weighted by molar-refractivity contribution is -0.636. The summed E-state index contributed by atoms with van der Waals surface area (Å²) < 4.78 is 13.4. The SMILES string of the molecule is CC(C)c1cc(Nc2nc(N3CCC[C@H]3C(=O)Nc3ccc(F)[n+]([O-])c3)nc3c2CCC3)n[nH]1. The molecule has 0 unspecified atom stereocenters. The molecule has 11 heteroatoms. The van der Waals surface area contributed by atoms with Crippen molar-refractivity contribution in [2.45, 2.75) is 57.9 Å². The van der Waals surface area contributed by atoms with Crippen LogP contribution >= 0.6 is 0 Å². The zero-order valence-corrected chi connectivity index (χ0v) is 19.1. The summed E-state index contributed by atoms with van der Waals surface area (Å²) in [6, 6.07) is 3.88. The minimum atomic E-state index is -0.926. The Balaban J connectivity index is 1.40. The fourth-order valence-electron chi connectivity index (χ4n) is 4.51. The Labute approximate surface area is 196 Å². The molecule has 34 heavy (non-hydrogen) atoms. The first-order valence-electron chi connectivity index (χ1n) is 11.6. The number of carbonyl (C=O) groups excluding carboxylic acids is 1. The predicted octanol–water partition coefficient (Wildman–Crippen LogP) is 2.94. The Morgan fingerprint density at radius 1 is 1.29 bits per heavy atom. The third kappa shape index (κ3) is 4.25. The van der Waals surface area contributed by atoms with E-state index in [4.69, 9.17) is 9.97 Å². The highest BCUT2D eigenvalue weighted by Crippen LogP contribution is 2.33. The van der Waals surface area contributed by atoms with E-state index in [0.29, 0.717) is 30.6 Å². The first-order chi connectivity index (χ1) is 16.4. The fraction of sp³-hybridized carbons (Fsp3) is 0.435. The van der Waals surface area contributed by atoms with Gasteiger partial charge in [-0.25, -0.2) is 4.98 Å². The van der Waals surface area contributed by atoms with Crippen LogP contribution in [0, 0.1) is 11.2 Å². The van der Waals surface area contributed by atoms with Gasteiger partial charge < -0.3 is 20.7 Å². The first-order valence-corrected chi connectivity index (χ1v) is 11.6. The number of H-pyrrole nitrogens is 1. The van der Waals surface area contributed by atoms with Crippen molar-refractivity contribution < 1.29 is 13.9 Å². The molecule has 1 aliphatic heterocycles. The Kier molecular flexibility index (Phi) is 5.76. The van der Waals surface area contributed by atoms with E-state index in [1.165, 1.54) is 6.07 Å². The maximum absolute atomic E-state index is 13.3. The van der Waals surface area contributed by atoms with Crippen LogP contribution in [0.3, 0.4) is 0 Å². The molecule has 1 saturated heterocycles. The zero-order chi connectivity index (χ0) is 23.8. The number of nitrogens with zero attached hydrogens (tertiary/aromatic N) is 5. The smallest absolute Gasteiger partial charge is 0.371 e. The maximum atomic E-state index is 13.3. The largest absolute Gasteiger partial charge is 0.617 e. The standard InChI is InChI=1S/C23H27FN8O2/c1-13(2)17-11-20(30-29-17)27-21-15-5-3-6-16(15)26-23(28-21)31-10-4-7-18(31)22(33)25-14-8-9-19(24)32(34)12-14/h8-9,11-13,18H,3-7,10H2,1-2H3,(H,25,33)(H2,26,27,28,29,30)/t18-/m0/s1. The van der Waals surface area contributed by atoms with Gasteiger partial charge in [0.2, 0.25) is 18.1 Å². The first kappa shape index (κ1) is 22.1. The number of hydrogen-bond acceptors (Lipinski definition) is 7. The molecule has 1 atom stereocenters. The van der Waals surface area contributed by atoms with Gasteiger partial charge in [0, 0.05) is 29.9 Å². The normalized spacial score (nSPS) is 17.3. The molecule has 3 aromatic rings. The van der Waals surface area contributed by atoms with Crippen molar-refractivity contribution in [3.63, 3.8) is 0 Å². The Hall–Kier alpha value is -3.76. The number of nitrogens with one attached hydrogen (secondary N) is 3. The average molecular weight is 467 g/mol. The molecular formula is C23H27FN8O2. The topological polar surface area (TPSA) is 126 Å². The number of anilines is 4. The molecule has 10 nitrogen and oxygen atoms in total. The molecule has 0 radical (unpaired) electrons. The molecule has 0 aromatic carbocycles. The molecular weight excluding hydrogens is 439 g/mol. The van der Waals surface area contributed by atoms with E-state index in [1.54, 1.807) is 0 Å². The van der Waals surface area contributed by atoms with E-state index in [1.807, 2.05) is 11.0 Å². The Morgan fingerprint density at radius 3 is 2.91 bits per heavy atom. The summed E-state index contributed by atoms with van der Waals surface area (Å²) in [6.45, 7) is 4.83. The summed E-state index contributed by atoms with van der Waals surface area (Å²) in [5.74, 6) is 1.03. The van der Waals surface area contributed by atoms with Crippen LogP contribution in [-0.4, -0.2) is 38.7 Å². The lowest BCUT2D eigenvalue weighted by Gasteiger charge is -2.25. The van der Waals surface area contributed by atoms with Gasteiger partial charge in [-0.2, -0.15) is 10.1 Å². The number of rotatable bonds is 6. The van der Waals surface area contributed by atoms with Gasteiger partial charge in [0.15, 0.2) is 5.82 Å². The van der Waals surface area contributed by atoms with E-state index >= 15 is 0 Å². The third-order valence-electron chi connectivity index (χ3n) is 6.33. The van der Waals surface area contributed by atoms with E-state index in [2.05, 4.69) is 34.7 Å². The van der Waals surface area contributed by atoms with Crippen LogP contribution in [0.5, 0.6) is 0 Å². The van der Waals surface area contributed by atoms with E-state index in [-0.39, 0.29) is 16.3 Å². The highest BCUT2D eigenvalue weighted by atomic mass is 19.1. The summed E-state index contributed by atoms with van der Waals surface area (Å²) in [5.41, 5.74) is 3.35. The number of amides is 1. The molecule has 1 amide bonds. The van der Waals surface area contributed by atoms with E-state index in [9.17, 15) is 14.4 Å². The molecule has 0 saturated carbocycles. The van der Waals surface area contributed by atoms with Crippen LogP contribution in [0.2, 0.25) is 0 Å². The molecule has 1 fully saturated rings. The summed E-state index contributed by atoms with van der Waals surface area (Å²) in [6.07, 6.45) is 5.21. The molecule has 2 aliphatic rings. The summed E-state index contributed by atoms with van der Waals surface area (Å²) >= 11 is 0. The van der Waals surface area contributed by atoms with Crippen molar-refractivity contribution in [3.8, 4) is 0 Å². The Morgan fingerprint density at radius 2 is 2.15 bits per heavy atom. The number of pyridine rings is 1. The minimum Gasteiger partial charge on any atom is -0.617 e. The number of halogens is 1. The van der Waals surface area contributed by atoms with Crippen LogP contribution in [0.1, 0.15) is 56.0 Å². The van der Waals surface area contributed by atoms with Gasteiger partial charge in [-0.15, -0.1) is 9.12 Å². The highest BCUT2D eigenvalue weighted by Gasteiger charge is 2.34. The number of aromatic nitrogens is 5. The lowest BCUT2D eigenvalue weighted by Crippen LogP contribution is -2.41. The molecule has 5 rings (SSSR count). The molecule has 4 heterocycles. The molecule has 3 N–H and O–H groups in total. The second-order valence-electron chi connectivity index (χ2n) is 9.05. The van der Waals surface area contributed by atoms with Gasteiger partial charge in [-0.1, -0.05) is 13.8 Å². The molecule has 178 valence electrons. The van der Waals surface area contributed by atoms with Crippen LogP contribution in [-0.2, 0) is 17.6 Å². The minimum absolute atomic E-state index is 0.0866. The summed E-state index contributed by atoms with van der Waals surface area (Å²) in [7, 11) is 0. The number of carbonyl (C=O) groups is 1. The van der Waals surface area contributed by atoms with Crippen LogP contribution in [0.15, 0.2) is 24.4 Å². The van der Waals surface area contributed by atoms with Crippen LogP contribution in [0.25, 0.3) is 0 Å². The van der Waals surface area contributed by atoms with Crippen molar-refractivity contribution in [1.29, 1.82) is 0 Å². The van der Waals surface area contributed by atoms with Gasteiger partial charge >= 0.3 is 5.95 Å². The van der Waals surface area contributed by atoms with Crippen molar-refractivity contribution in [1.82, 2.24) is 20.2 Å². The molecule has 1 aliphatic carbocycles. The van der Waals surface area contributed by atoms with E-state index < -0.39 is 12.0 Å². The molecule has 0 bridgehead atoms. The van der Waals surface area contributed by atoms with Gasteiger partial charge in [-0.05, 0) is 44.1 Å². The Bertz CT molecular complexity index is 1230. The third-order valence-corrected chi connectivity index (χ3v) is 6.33. The highest BCUT2D eigenvalue weighted by molar-refractivity contribution is 5.96. The second-order valence-corrected chi connectivity index (χ2v) is 9.05. The quantitative estimate of drug-likeness (QED) is 0.290. The zero-order valence-electron chi connectivity index (χ0n) is 19.1. The van der Waals surface area contributed by atoms with Crippen molar-refractivity contribution in [2.75, 3.05) is 22.1 Å². The fourth-order valence-corrected chi connectivity index (χ4v) is 4.51. The van der Waals surface area contributed by atoms with Crippen LogP contribution < -0.4 is 20.3 Å². The molecule has 0 spiro atoms. The van der Waals surface area contributed by atoms with Crippen molar-refractivity contribution in [2.24, 2.45) is 0 Å². The number of fused-ring (bicyclic) bond motifs is 1. The van der Waals surface area contributed by atoms with Gasteiger partial charge in [0.1, 0.15) is 17.5 Å². The number of aryl methyl sites for hydroxylation is 1. The van der Waals surface area contributed by atoms with E-state index in [0.717, 1.165) is 60.7 Å². The summed E-state index contributed by atoms with van der Waals surface area (Å²) in [4.78, 5) is 24.5. The second kappa shape index (κ2) is 8.88. The number of aromatic amines is 1. The maximum Gasteiger partial charge on any atom is 0.371 e. The summed E-state index contributed by atoms with van der Waals surface area (Å²) in [5, 5.41) is 25.0. The monoisotopic (exact) mass is 466 g/mol. The number of hydrogen-bond donors (Lipinski definition) is 3. The lowest BCUT2D eigenvalue weighted by atomic mass is 10.1. The van der Waals surface area contributed by atoms with Crippen molar-refractivity contribution >= 4 is 29.2 Å². The van der Waals surface area contributed by atoms with Crippen LogP contribution in [0.4, 0.5) is 27.7 Å².